The molecule has 1 aliphatic heterocycles. The highest BCUT2D eigenvalue weighted by atomic mass is 16.2. The molecule has 2 heteroatoms. The lowest BCUT2D eigenvalue weighted by atomic mass is 9.93. The zero-order chi connectivity index (χ0) is 14.0. The Morgan fingerprint density at radius 1 is 1.26 bits per heavy atom. The van der Waals surface area contributed by atoms with E-state index >= 15 is 0 Å². The third kappa shape index (κ3) is 3.37. The lowest BCUT2D eigenvalue weighted by molar-refractivity contribution is -0.140. The van der Waals surface area contributed by atoms with Crippen molar-refractivity contribution in [2.24, 2.45) is 11.3 Å². The summed E-state index contributed by atoms with van der Waals surface area (Å²) < 4.78 is 0. The molecule has 1 saturated heterocycles. The Bertz CT molecular complexity index is 432. The van der Waals surface area contributed by atoms with Crippen molar-refractivity contribution in [3.8, 4) is 0 Å². The minimum atomic E-state index is -0.279. The molecule has 104 valence electrons. The van der Waals surface area contributed by atoms with Crippen molar-refractivity contribution < 1.29 is 4.79 Å². The van der Waals surface area contributed by atoms with Gasteiger partial charge in [-0.25, -0.2) is 0 Å². The summed E-state index contributed by atoms with van der Waals surface area (Å²) in [7, 11) is 0. The van der Waals surface area contributed by atoms with E-state index in [0.717, 1.165) is 19.4 Å². The molecule has 1 fully saturated rings. The van der Waals surface area contributed by atoms with Gasteiger partial charge in [0.05, 0.1) is 0 Å². The average Bonchev–Trinajstić information content (AvgIpc) is 2.69. The van der Waals surface area contributed by atoms with Gasteiger partial charge in [0.15, 0.2) is 0 Å². The Morgan fingerprint density at radius 3 is 2.47 bits per heavy atom. The van der Waals surface area contributed by atoms with Crippen molar-refractivity contribution in [2.45, 2.75) is 46.6 Å². The minimum Gasteiger partial charge on any atom is -0.339 e. The lowest BCUT2D eigenvalue weighted by Gasteiger charge is -2.31. The molecule has 0 N–H and O–H groups in total. The highest BCUT2D eigenvalue weighted by Crippen LogP contribution is 2.30. The fourth-order valence-corrected chi connectivity index (χ4v) is 2.91. The maximum absolute atomic E-state index is 12.5. The van der Waals surface area contributed by atoms with Gasteiger partial charge in [0.2, 0.25) is 5.91 Å². The molecule has 1 aromatic carbocycles. The third-order valence-electron chi connectivity index (χ3n) is 3.84. The maximum atomic E-state index is 12.5. The van der Waals surface area contributed by atoms with Crippen LogP contribution >= 0.6 is 0 Å². The zero-order valence-electron chi connectivity index (χ0n) is 12.5. The topological polar surface area (TPSA) is 20.3 Å². The predicted molar refractivity (Wildman–Crippen MR) is 78.9 cm³/mol. The van der Waals surface area contributed by atoms with Crippen molar-refractivity contribution in [1.29, 1.82) is 0 Å². The zero-order valence-corrected chi connectivity index (χ0v) is 12.5. The third-order valence-corrected chi connectivity index (χ3v) is 3.84. The van der Waals surface area contributed by atoms with Gasteiger partial charge in [0.25, 0.3) is 0 Å². The van der Waals surface area contributed by atoms with E-state index in [-0.39, 0.29) is 11.3 Å². The van der Waals surface area contributed by atoms with Gasteiger partial charge < -0.3 is 4.90 Å². The summed E-state index contributed by atoms with van der Waals surface area (Å²) in [6, 6.07) is 10.9. The Balaban J connectivity index is 2.12. The number of carbonyl (C=O) groups is 1. The summed E-state index contributed by atoms with van der Waals surface area (Å²) in [5.41, 5.74) is 1.05. The van der Waals surface area contributed by atoms with Crippen molar-refractivity contribution in [3.05, 3.63) is 35.9 Å². The first-order chi connectivity index (χ1) is 8.88. The molecule has 0 bridgehead atoms. The molecule has 0 aliphatic carbocycles. The van der Waals surface area contributed by atoms with E-state index < -0.39 is 0 Å². The second kappa shape index (κ2) is 5.36. The number of nitrogens with zero attached hydrogens (tertiary/aromatic N) is 1. The SMILES string of the molecule is C[C@H]1C[C@H](Cc2ccccc2)N(C(=O)C(C)(C)C)C1. The van der Waals surface area contributed by atoms with Gasteiger partial charge >= 0.3 is 0 Å². The van der Waals surface area contributed by atoms with Crippen molar-refractivity contribution >= 4 is 5.91 Å². The summed E-state index contributed by atoms with van der Waals surface area (Å²) in [6.45, 7) is 9.19. The van der Waals surface area contributed by atoms with Crippen LogP contribution in [0.2, 0.25) is 0 Å². The van der Waals surface area contributed by atoms with E-state index in [9.17, 15) is 4.79 Å². The monoisotopic (exact) mass is 259 g/mol. The van der Waals surface area contributed by atoms with Crippen LogP contribution in [0.25, 0.3) is 0 Å². The van der Waals surface area contributed by atoms with Gasteiger partial charge in [0.1, 0.15) is 0 Å². The first-order valence-corrected chi connectivity index (χ1v) is 7.23. The van der Waals surface area contributed by atoms with E-state index in [2.05, 4.69) is 36.1 Å². The Kier molecular flexibility index (Phi) is 3.98. The first-order valence-electron chi connectivity index (χ1n) is 7.23. The largest absolute Gasteiger partial charge is 0.339 e. The van der Waals surface area contributed by atoms with Crippen LogP contribution in [0.1, 0.15) is 39.7 Å². The van der Waals surface area contributed by atoms with E-state index in [1.807, 2.05) is 26.8 Å². The summed E-state index contributed by atoms with van der Waals surface area (Å²) in [5, 5.41) is 0. The van der Waals surface area contributed by atoms with Gasteiger partial charge in [-0.15, -0.1) is 0 Å². The molecular formula is C17H25NO. The van der Waals surface area contributed by atoms with Gasteiger partial charge in [-0.2, -0.15) is 0 Å². The van der Waals surface area contributed by atoms with Crippen LogP contribution in [0, 0.1) is 11.3 Å². The molecule has 2 atom stereocenters. The summed E-state index contributed by atoms with van der Waals surface area (Å²) in [5.74, 6) is 0.901. The number of hydrogen-bond donors (Lipinski definition) is 0. The second-order valence-electron chi connectivity index (χ2n) is 6.89. The van der Waals surface area contributed by atoms with E-state index in [0.29, 0.717) is 12.0 Å². The van der Waals surface area contributed by atoms with Crippen molar-refractivity contribution in [3.63, 3.8) is 0 Å². The second-order valence-corrected chi connectivity index (χ2v) is 6.89. The molecule has 0 saturated carbocycles. The molecule has 0 unspecified atom stereocenters. The number of likely N-dealkylation sites (tertiary alicyclic amines) is 1. The minimum absolute atomic E-state index is 0.279. The number of hydrogen-bond acceptors (Lipinski definition) is 1. The fraction of sp³-hybridized carbons (Fsp3) is 0.588. The smallest absolute Gasteiger partial charge is 0.228 e. The van der Waals surface area contributed by atoms with Crippen LogP contribution in [0.3, 0.4) is 0 Å². The van der Waals surface area contributed by atoms with Crippen LogP contribution < -0.4 is 0 Å². The van der Waals surface area contributed by atoms with Crippen molar-refractivity contribution in [1.82, 2.24) is 4.90 Å². The molecule has 1 aliphatic rings. The van der Waals surface area contributed by atoms with E-state index in [1.165, 1.54) is 5.56 Å². The summed E-state index contributed by atoms with van der Waals surface area (Å²) >= 11 is 0. The number of rotatable bonds is 2. The number of benzene rings is 1. The first kappa shape index (κ1) is 14.1. The lowest BCUT2D eigenvalue weighted by Crippen LogP contribution is -2.43. The van der Waals surface area contributed by atoms with Gasteiger partial charge in [-0.05, 0) is 24.3 Å². The molecule has 2 nitrogen and oxygen atoms in total. The molecule has 19 heavy (non-hydrogen) atoms. The number of carbonyl (C=O) groups excluding carboxylic acids is 1. The Morgan fingerprint density at radius 2 is 1.89 bits per heavy atom. The van der Waals surface area contributed by atoms with Crippen LogP contribution in [0.5, 0.6) is 0 Å². The number of amides is 1. The quantitative estimate of drug-likeness (QED) is 0.796. The highest BCUT2D eigenvalue weighted by molar-refractivity contribution is 5.82. The molecule has 0 aromatic heterocycles. The molecule has 1 heterocycles. The summed E-state index contributed by atoms with van der Waals surface area (Å²) in [4.78, 5) is 14.6. The van der Waals surface area contributed by atoms with Crippen LogP contribution in [-0.2, 0) is 11.2 Å². The average molecular weight is 259 g/mol. The van der Waals surface area contributed by atoms with E-state index in [1.54, 1.807) is 0 Å². The predicted octanol–water partition coefficient (Wildman–Crippen LogP) is 3.51. The molecule has 1 amide bonds. The van der Waals surface area contributed by atoms with Crippen molar-refractivity contribution in [2.75, 3.05) is 6.54 Å². The highest BCUT2D eigenvalue weighted by Gasteiger charge is 2.37. The molecule has 0 spiro atoms. The molecule has 1 aromatic rings. The van der Waals surface area contributed by atoms with Gasteiger partial charge in [0, 0.05) is 18.0 Å². The van der Waals surface area contributed by atoms with E-state index in [4.69, 9.17) is 0 Å². The summed E-state index contributed by atoms with van der Waals surface area (Å²) in [6.07, 6.45) is 2.10. The standard InChI is InChI=1S/C17H25NO/c1-13-10-15(11-14-8-6-5-7-9-14)18(12-13)16(19)17(2,3)4/h5-9,13,15H,10-12H2,1-4H3/t13-,15+/m0/s1. The maximum Gasteiger partial charge on any atom is 0.228 e. The Labute approximate surface area is 116 Å². The van der Waals surface area contributed by atoms with Gasteiger partial charge in [-0.1, -0.05) is 58.0 Å². The fourth-order valence-electron chi connectivity index (χ4n) is 2.91. The van der Waals surface area contributed by atoms with Crippen LogP contribution in [0.4, 0.5) is 0 Å². The van der Waals surface area contributed by atoms with Crippen LogP contribution in [0.15, 0.2) is 30.3 Å². The Hall–Kier alpha value is -1.31. The molecule has 2 rings (SSSR count). The molecule has 0 radical (unpaired) electrons. The normalized spacial score (nSPS) is 23.7. The van der Waals surface area contributed by atoms with Gasteiger partial charge in [-0.3, -0.25) is 4.79 Å². The molecular weight excluding hydrogens is 234 g/mol. The van der Waals surface area contributed by atoms with Crippen LogP contribution in [-0.4, -0.2) is 23.4 Å².